The number of rotatable bonds is 13. The summed E-state index contributed by atoms with van der Waals surface area (Å²) in [5.74, 6) is 0. The molecule has 0 aliphatic rings. The first-order valence-corrected chi connectivity index (χ1v) is 36.9. The monoisotopic (exact) mass is 1350 g/mol. The van der Waals surface area contributed by atoms with E-state index in [1.54, 1.807) is 0 Å². The number of benzene rings is 16. The summed E-state index contributed by atoms with van der Waals surface area (Å²) in [6, 6.07) is 114. The second-order valence-electron chi connectivity index (χ2n) is 27.9. The van der Waals surface area contributed by atoms with Gasteiger partial charge in [0.05, 0.1) is 22.7 Å². The fourth-order valence-corrected chi connectivity index (χ4v) is 18.6. The molecule has 0 N–H and O–H groups in total. The highest BCUT2D eigenvalue weighted by Gasteiger charge is 2.28. The molecule has 102 heavy (non-hydrogen) atoms. The van der Waals surface area contributed by atoms with Gasteiger partial charge < -0.3 is 19.6 Å². The van der Waals surface area contributed by atoms with Crippen LogP contribution in [0.15, 0.2) is 303 Å². The average Bonchev–Trinajstić information content (AvgIpc) is 1.54. The van der Waals surface area contributed by atoms with Gasteiger partial charge in [-0.3, -0.25) is 0 Å². The van der Waals surface area contributed by atoms with Gasteiger partial charge in [-0.2, -0.15) is 0 Å². The van der Waals surface area contributed by atoms with Crippen molar-refractivity contribution in [2.75, 3.05) is 19.6 Å². The van der Waals surface area contributed by atoms with Gasteiger partial charge >= 0.3 is 0 Å². The van der Waals surface area contributed by atoms with Gasteiger partial charge in [-0.15, -0.1) is 22.7 Å². The van der Waals surface area contributed by atoms with E-state index in [4.69, 9.17) is 0 Å². The Labute approximate surface area is 604 Å². The minimum absolute atomic E-state index is 1.11. The molecule has 0 spiro atoms. The SMILES string of the molecule is Cc1cccc(N(c2cccc(C)c2)c2cc3c4cc(N(c5cccc(C)c5)c5cccc(C)c5)c5ccc(-c6ccc(N(c7cccc(C)c7)c7cc8c9cc(N(c%10cccc(C)c%10)c%10ccccc%10C)c%10ccccc%10c9sc8c8ccccc78)c(C)c6)cc5c4sc3c3ccccc23)c1. The lowest BCUT2D eigenvalue weighted by atomic mass is 9.95. The third-order valence-corrected chi connectivity index (χ3v) is 23.2. The fraction of sp³-hybridized carbons (Fsp3) is 0.0833. The molecule has 2 aromatic heterocycles. The van der Waals surface area contributed by atoms with Gasteiger partial charge in [-0.05, 0) is 232 Å². The van der Waals surface area contributed by atoms with Crippen LogP contribution in [0.5, 0.6) is 0 Å². The van der Waals surface area contributed by atoms with Crippen molar-refractivity contribution in [1.82, 2.24) is 0 Å². The van der Waals surface area contributed by atoms with Crippen LogP contribution in [0, 0.1) is 55.4 Å². The molecule has 0 radical (unpaired) electrons. The Hall–Kier alpha value is -11.8. The zero-order valence-electron chi connectivity index (χ0n) is 58.5. The summed E-state index contributed by atoms with van der Waals surface area (Å²) in [4.78, 5) is 9.97. The third-order valence-electron chi connectivity index (χ3n) is 20.6. The number of aryl methyl sites for hydroxylation is 8. The van der Waals surface area contributed by atoms with Crippen LogP contribution < -0.4 is 19.6 Å². The molecule has 0 fully saturated rings. The van der Waals surface area contributed by atoms with E-state index in [-0.39, 0.29) is 0 Å². The Morgan fingerprint density at radius 2 is 0.451 bits per heavy atom. The van der Waals surface area contributed by atoms with Crippen LogP contribution in [0.2, 0.25) is 0 Å². The van der Waals surface area contributed by atoms with E-state index >= 15 is 0 Å². The number of nitrogens with zero attached hydrogens (tertiary/aromatic N) is 4. The number of fused-ring (bicyclic) bond motifs is 14. The molecular formula is C96H74N4S2. The number of thiophene rings is 2. The molecular weight excluding hydrogens is 1270 g/mol. The Kier molecular flexibility index (Phi) is 15.4. The number of para-hydroxylation sites is 1. The molecule has 0 unspecified atom stereocenters. The smallest absolute Gasteiger partial charge is 0.0547 e. The molecule has 0 amide bonds. The molecule has 490 valence electrons. The van der Waals surface area contributed by atoms with Gasteiger partial charge in [0.15, 0.2) is 0 Å². The summed E-state index contributed by atoms with van der Waals surface area (Å²) < 4.78 is 5.11. The van der Waals surface area contributed by atoms with Crippen LogP contribution in [-0.4, -0.2) is 0 Å². The predicted octanol–water partition coefficient (Wildman–Crippen LogP) is 29.0. The molecule has 0 aliphatic carbocycles. The van der Waals surface area contributed by atoms with E-state index in [2.05, 4.69) is 378 Å². The van der Waals surface area contributed by atoms with Crippen LogP contribution >= 0.6 is 22.7 Å². The lowest BCUT2D eigenvalue weighted by molar-refractivity contribution is 1.25. The Balaban J connectivity index is 0.852. The summed E-state index contributed by atoms with van der Waals surface area (Å²) in [6.45, 7) is 17.7. The van der Waals surface area contributed by atoms with Crippen molar-refractivity contribution in [3.8, 4) is 11.1 Å². The normalized spacial score (nSPS) is 11.7. The molecule has 0 saturated heterocycles. The summed E-state index contributed by atoms with van der Waals surface area (Å²) in [5.41, 5.74) is 25.6. The van der Waals surface area contributed by atoms with Crippen molar-refractivity contribution >= 4 is 174 Å². The lowest BCUT2D eigenvalue weighted by Crippen LogP contribution is -2.12. The molecule has 0 atom stereocenters. The van der Waals surface area contributed by atoms with Gasteiger partial charge in [0.25, 0.3) is 0 Å². The first-order chi connectivity index (χ1) is 49.8. The fourth-order valence-electron chi connectivity index (χ4n) is 15.9. The second kappa shape index (κ2) is 25.1. The van der Waals surface area contributed by atoms with E-state index in [1.807, 2.05) is 22.7 Å². The van der Waals surface area contributed by atoms with E-state index in [9.17, 15) is 0 Å². The van der Waals surface area contributed by atoms with Crippen molar-refractivity contribution in [1.29, 1.82) is 0 Å². The van der Waals surface area contributed by atoms with E-state index in [1.165, 1.54) is 128 Å². The van der Waals surface area contributed by atoms with Gasteiger partial charge in [-0.1, -0.05) is 182 Å². The predicted molar refractivity (Wildman–Crippen MR) is 444 cm³/mol. The molecule has 16 aromatic carbocycles. The van der Waals surface area contributed by atoms with E-state index in [0.717, 1.165) is 79.4 Å². The van der Waals surface area contributed by atoms with Crippen molar-refractivity contribution in [3.63, 3.8) is 0 Å². The molecule has 18 rings (SSSR count). The lowest BCUT2D eigenvalue weighted by Gasteiger charge is -2.29. The Morgan fingerprint density at radius 3 is 0.804 bits per heavy atom. The molecule has 0 aliphatic heterocycles. The maximum absolute atomic E-state index is 2.53. The van der Waals surface area contributed by atoms with Gasteiger partial charge in [0, 0.05) is 129 Å². The Bertz CT molecular complexity index is 6340. The van der Waals surface area contributed by atoms with E-state index < -0.39 is 0 Å². The second-order valence-corrected chi connectivity index (χ2v) is 29.9. The minimum Gasteiger partial charge on any atom is -0.310 e. The minimum atomic E-state index is 1.11. The largest absolute Gasteiger partial charge is 0.310 e. The van der Waals surface area contributed by atoms with Crippen LogP contribution in [-0.2, 0) is 0 Å². The maximum Gasteiger partial charge on any atom is 0.0547 e. The van der Waals surface area contributed by atoms with Crippen LogP contribution in [0.1, 0.15) is 44.5 Å². The third kappa shape index (κ3) is 10.7. The van der Waals surface area contributed by atoms with Gasteiger partial charge in [0.1, 0.15) is 0 Å². The molecule has 6 heteroatoms. The number of anilines is 12. The maximum atomic E-state index is 2.53. The number of hydrogen-bond acceptors (Lipinski definition) is 6. The molecule has 0 saturated carbocycles. The average molecular weight is 1350 g/mol. The van der Waals surface area contributed by atoms with Crippen LogP contribution in [0.3, 0.4) is 0 Å². The van der Waals surface area contributed by atoms with Crippen molar-refractivity contribution in [2.45, 2.75) is 55.4 Å². The highest BCUT2D eigenvalue weighted by atomic mass is 32.1. The molecule has 0 bridgehead atoms. The standard InChI is InChI=1S/C96H74N4S2/c1-59-23-17-30-69(47-59)97(70-31-18-24-60(2)48-70)89-55-83-86-56-90(98(71-32-19-25-61(3)49-71)72-33-20-26-62(4)50-72)78-45-43-68(54-82(78)96(86)102-95(83)79-39-13-10-36-75(79)89)67-44-46-88(66(8)53-67)100(74-35-22-28-64(6)52-74)92-58-85-84-57-91(99(73-34-21-27-63(5)51-73)87-42-16-9-29-65(87)7)76-37-11-14-40-80(76)93(84)101-94(85)81-41-15-12-38-77(81)92/h9-58H,1-8H3. The Morgan fingerprint density at radius 1 is 0.176 bits per heavy atom. The van der Waals surface area contributed by atoms with Gasteiger partial charge in [-0.25, -0.2) is 0 Å². The summed E-state index contributed by atoms with van der Waals surface area (Å²) >= 11 is 3.84. The number of hydrogen-bond donors (Lipinski definition) is 0. The van der Waals surface area contributed by atoms with Crippen molar-refractivity contribution in [2.24, 2.45) is 0 Å². The molecule has 2 heterocycles. The quantitative estimate of drug-likeness (QED) is 0.114. The van der Waals surface area contributed by atoms with Crippen molar-refractivity contribution in [3.05, 3.63) is 348 Å². The summed E-state index contributed by atoms with van der Waals surface area (Å²) in [7, 11) is 0. The van der Waals surface area contributed by atoms with Crippen molar-refractivity contribution < 1.29 is 0 Å². The molecule has 18 aromatic rings. The first kappa shape index (κ1) is 62.5. The van der Waals surface area contributed by atoms with Crippen LogP contribution in [0.4, 0.5) is 68.2 Å². The first-order valence-electron chi connectivity index (χ1n) is 35.3. The summed E-state index contributed by atoms with van der Waals surface area (Å²) in [6.07, 6.45) is 0. The zero-order chi connectivity index (χ0) is 69.0. The highest BCUT2D eigenvalue weighted by molar-refractivity contribution is 7.28. The molecule has 4 nitrogen and oxygen atoms in total. The van der Waals surface area contributed by atoms with Crippen LogP contribution in [0.25, 0.3) is 94.6 Å². The summed E-state index contributed by atoms with van der Waals surface area (Å²) in [5, 5.41) is 14.7. The topological polar surface area (TPSA) is 13.0 Å². The highest BCUT2D eigenvalue weighted by Crippen LogP contribution is 2.55. The zero-order valence-corrected chi connectivity index (χ0v) is 60.1. The van der Waals surface area contributed by atoms with E-state index in [0.29, 0.717) is 0 Å². The van der Waals surface area contributed by atoms with Gasteiger partial charge in [0.2, 0.25) is 0 Å².